The van der Waals surface area contributed by atoms with Crippen LogP contribution in [0.15, 0.2) is 24.3 Å². The Kier molecular flexibility index (Phi) is 2.90. The second-order valence-corrected chi connectivity index (χ2v) is 4.52. The second-order valence-electron chi connectivity index (χ2n) is 3.08. The Morgan fingerprint density at radius 1 is 1.33 bits per heavy atom. The molecule has 0 aliphatic rings. The molecule has 0 aliphatic carbocycles. The van der Waals surface area contributed by atoms with Gasteiger partial charge in [-0.05, 0) is 19.1 Å². The standard InChI is InChI=1S/C10H10ClN3S/c1-6-9(14-12)15-10(13-6)7-2-4-8(11)5-3-7/h2-5,14H,12H2,1H3. The molecule has 0 radical (unpaired) electrons. The molecule has 2 aromatic rings. The lowest BCUT2D eigenvalue weighted by atomic mass is 10.2. The van der Waals surface area contributed by atoms with E-state index in [-0.39, 0.29) is 0 Å². The van der Waals surface area contributed by atoms with Gasteiger partial charge in [-0.2, -0.15) is 0 Å². The van der Waals surface area contributed by atoms with Gasteiger partial charge >= 0.3 is 0 Å². The smallest absolute Gasteiger partial charge is 0.126 e. The predicted molar refractivity (Wildman–Crippen MR) is 65.1 cm³/mol. The van der Waals surface area contributed by atoms with Crippen LogP contribution in [-0.2, 0) is 0 Å². The number of rotatable bonds is 2. The van der Waals surface area contributed by atoms with Gasteiger partial charge in [-0.15, -0.1) is 0 Å². The first kappa shape index (κ1) is 10.4. The lowest BCUT2D eigenvalue weighted by molar-refractivity contribution is 1.24. The number of aryl methyl sites for hydroxylation is 1. The fraction of sp³-hybridized carbons (Fsp3) is 0.100. The van der Waals surface area contributed by atoms with Gasteiger partial charge in [0.05, 0.1) is 5.69 Å². The predicted octanol–water partition coefficient (Wildman–Crippen LogP) is 3.06. The highest BCUT2D eigenvalue weighted by molar-refractivity contribution is 7.19. The van der Waals surface area contributed by atoms with Crippen LogP contribution in [0.5, 0.6) is 0 Å². The number of halogens is 1. The van der Waals surface area contributed by atoms with Crippen LogP contribution in [0.4, 0.5) is 5.00 Å². The van der Waals surface area contributed by atoms with E-state index >= 15 is 0 Å². The third-order valence-electron chi connectivity index (χ3n) is 2.02. The Morgan fingerprint density at radius 2 is 2.00 bits per heavy atom. The van der Waals surface area contributed by atoms with Crippen LogP contribution in [0.25, 0.3) is 10.6 Å². The molecule has 0 unspecified atom stereocenters. The normalized spacial score (nSPS) is 10.3. The van der Waals surface area contributed by atoms with Gasteiger partial charge in [-0.1, -0.05) is 35.1 Å². The Hall–Kier alpha value is -1.10. The lowest BCUT2D eigenvalue weighted by Gasteiger charge is -1.95. The van der Waals surface area contributed by atoms with Gasteiger partial charge in [0.2, 0.25) is 0 Å². The van der Waals surface area contributed by atoms with Crippen LogP contribution in [0.2, 0.25) is 5.02 Å². The van der Waals surface area contributed by atoms with Crippen molar-refractivity contribution in [2.75, 3.05) is 5.43 Å². The van der Waals surface area contributed by atoms with Gasteiger partial charge in [0.1, 0.15) is 10.0 Å². The Bertz CT molecular complexity index is 464. The van der Waals surface area contributed by atoms with Crippen molar-refractivity contribution in [2.24, 2.45) is 5.84 Å². The summed E-state index contributed by atoms with van der Waals surface area (Å²) in [6, 6.07) is 7.59. The molecule has 1 aromatic carbocycles. The van der Waals surface area contributed by atoms with Crippen molar-refractivity contribution in [3.63, 3.8) is 0 Å². The van der Waals surface area contributed by atoms with Crippen LogP contribution in [0, 0.1) is 6.92 Å². The van der Waals surface area contributed by atoms with Gasteiger partial charge in [0.15, 0.2) is 0 Å². The molecule has 0 fully saturated rings. The first-order valence-corrected chi connectivity index (χ1v) is 5.60. The van der Waals surface area contributed by atoms with Gasteiger partial charge in [0.25, 0.3) is 0 Å². The molecule has 0 saturated carbocycles. The zero-order valence-electron chi connectivity index (χ0n) is 8.12. The maximum Gasteiger partial charge on any atom is 0.126 e. The largest absolute Gasteiger partial charge is 0.314 e. The van der Waals surface area contributed by atoms with E-state index in [0.717, 1.165) is 26.3 Å². The van der Waals surface area contributed by atoms with Gasteiger partial charge in [-0.3, -0.25) is 0 Å². The maximum atomic E-state index is 5.81. The monoisotopic (exact) mass is 239 g/mol. The van der Waals surface area contributed by atoms with E-state index in [4.69, 9.17) is 17.4 Å². The van der Waals surface area contributed by atoms with Crippen molar-refractivity contribution in [3.8, 4) is 10.6 Å². The summed E-state index contributed by atoms with van der Waals surface area (Å²) in [7, 11) is 0. The Morgan fingerprint density at radius 3 is 2.53 bits per heavy atom. The number of hydrogen-bond acceptors (Lipinski definition) is 4. The van der Waals surface area contributed by atoms with Crippen LogP contribution in [0.1, 0.15) is 5.69 Å². The highest BCUT2D eigenvalue weighted by atomic mass is 35.5. The summed E-state index contributed by atoms with van der Waals surface area (Å²) in [6.45, 7) is 1.92. The zero-order chi connectivity index (χ0) is 10.8. The number of nitrogens with two attached hydrogens (primary N) is 1. The van der Waals surface area contributed by atoms with E-state index in [1.54, 1.807) is 0 Å². The number of anilines is 1. The van der Waals surface area contributed by atoms with E-state index in [9.17, 15) is 0 Å². The molecule has 5 heteroatoms. The molecule has 0 bridgehead atoms. The first-order valence-electron chi connectivity index (χ1n) is 4.40. The molecule has 1 aromatic heterocycles. The second kappa shape index (κ2) is 4.18. The van der Waals surface area contributed by atoms with E-state index in [2.05, 4.69) is 10.4 Å². The van der Waals surface area contributed by atoms with E-state index in [0.29, 0.717) is 0 Å². The highest BCUT2D eigenvalue weighted by Crippen LogP contribution is 2.31. The first-order chi connectivity index (χ1) is 7.20. The minimum Gasteiger partial charge on any atom is -0.314 e. The third-order valence-corrected chi connectivity index (χ3v) is 3.41. The number of hydrazine groups is 1. The number of benzene rings is 1. The minimum absolute atomic E-state index is 0.726. The molecule has 3 nitrogen and oxygen atoms in total. The SMILES string of the molecule is Cc1nc(-c2ccc(Cl)cc2)sc1NN. The van der Waals surface area contributed by atoms with Crippen LogP contribution >= 0.6 is 22.9 Å². The van der Waals surface area contributed by atoms with Gasteiger partial charge < -0.3 is 5.43 Å². The topological polar surface area (TPSA) is 50.9 Å². The summed E-state index contributed by atoms with van der Waals surface area (Å²) in [5.41, 5.74) is 4.59. The third kappa shape index (κ3) is 2.12. The Balaban J connectivity index is 2.41. The van der Waals surface area contributed by atoms with E-state index in [1.165, 1.54) is 11.3 Å². The number of nitrogen functional groups attached to an aromatic ring is 1. The summed E-state index contributed by atoms with van der Waals surface area (Å²) >= 11 is 7.34. The van der Waals surface area contributed by atoms with Crippen molar-refractivity contribution in [1.29, 1.82) is 0 Å². The molecule has 0 amide bonds. The Labute approximate surface area is 96.9 Å². The summed E-state index contributed by atoms with van der Waals surface area (Å²) in [5, 5.41) is 2.56. The van der Waals surface area contributed by atoms with Crippen LogP contribution in [-0.4, -0.2) is 4.98 Å². The minimum atomic E-state index is 0.726. The number of hydrogen-bond donors (Lipinski definition) is 2. The molecule has 1 heterocycles. The molecule has 0 atom stereocenters. The molecular weight excluding hydrogens is 230 g/mol. The number of nitrogens with one attached hydrogen (secondary N) is 1. The highest BCUT2D eigenvalue weighted by Gasteiger charge is 2.07. The van der Waals surface area contributed by atoms with E-state index in [1.807, 2.05) is 31.2 Å². The summed E-state index contributed by atoms with van der Waals surface area (Å²) in [4.78, 5) is 4.41. The summed E-state index contributed by atoms with van der Waals surface area (Å²) in [6.07, 6.45) is 0. The van der Waals surface area contributed by atoms with Crippen LogP contribution < -0.4 is 11.3 Å². The van der Waals surface area contributed by atoms with Crippen molar-refractivity contribution in [3.05, 3.63) is 35.0 Å². The van der Waals surface area contributed by atoms with E-state index < -0.39 is 0 Å². The molecule has 78 valence electrons. The number of aromatic nitrogens is 1. The number of thiazole rings is 1. The van der Waals surface area contributed by atoms with Crippen molar-refractivity contribution in [2.45, 2.75) is 6.92 Å². The van der Waals surface area contributed by atoms with Crippen molar-refractivity contribution < 1.29 is 0 Å². The fourth-order valence-electron chi connectivity index (χ4n) is 1.25. The molecule has 0 aliphatic heterocycles. The molecule has 3 N–H and O–H groups in total. The van der Waals surface area contributed by atoms with Gasteiger partial charge in [-0.25, -0.2) is 10.8 Å². The molecule has 0 saturated heterocycles. The van der Waals surface area contributed by atoms with Crippen LogP contribution in [0.3, 0.4) is 0 Å². The average molecular weight is 240 g/mol. The molecule has 0 spiro atoms. The molecule has 15 heavy (non-hydrogen) atoms. The van der Waals surface area contributed by atoms with Gasteiger partial charge in [0, 0.05) is 10.6 Å². The average Bonchev–Trinajstić information content (AvgIpc) is 2.61. The summed E-state index contributed by atoms with van der Waals surface area (Å²) < 4.78 is 0. The quantitative estimate of drug-likeness (QED) is 0.626. The van der Waals surface area contributed by atoms with Crippen molar-refractivity contribution in [1.82, 2.24) is 4.98 Å². The lowest BCUT2D eigenvalue weighted by Crippen LogP contribution is -2.05. The maximum absolute atomic E-state index is 5.81. The number of nitrogens with zero attached hydrogens (tertiary/aromatic N) is 1. The molecular formula is C10H10ClN3S. The summed E-state index contributed by atoms with van der Waals surface area (Å²) in [5.74, 6) is 5.37. The molecule has 2 rings (SSSR count). The fourth-order valence-corrected chi connectivity index (χ4v) is 2.25. The van der Waals surface area contributed by atoms with Crippen molar-refractivity contribution >= 4 is 27.9 Å². The zero-order valence-corrected chi connectivity index (χ0v) is 9.69.